The van der Waals surface area contributed by atoms with E-state index in [0.717, 1.165) is 31.7 Å². The number of aliphatic hydroxyl groups excluding tert-OH is 1. The van der Waals surface area contributed by atoms with E-state index in [0.29, 0.717) is 11.8 Å². The van der Waals surface area contributed by atoms with Gasteiger partial charge in [-0.25, -0.2) is 14.8 Å². The monoisotopic (exact) mass is 343 g/mol. The Bertz CT molecular complexity index is 733. The third-order valence-electron chi connectivity index (χ3n) is 5.33. The summed E-state index contributed by atoms with van der Waals surface area (Å²) in [4.78, 5) is 22.1. The van der Waals surface area contributed by atoms with Crippen LogP contribution in [0.25, 0.3) is 0 Å². The van der Waals surface area contributed by atoms with Crippen LogP contribution in [-0.2, 0) is 4.74 Å². The number of hydrogen-bond acceptors (Lipinski definition) is 7. The highest BCUT2D eigenvalue weighted by atomic mass is 16.5. The van der Waals surface area contributed by atoms with Crippen LogP contribution in [0.15, 0.2) is 30.9 Å². The molecule has 132 valence electrons. The van der Waals surface area contributed by atoms with Gasteiger partial charge in [0.1, 0.15) is 5.82 Å². The van der Waals surface area contributed by atoms with E-state index in [-0.39, 0.29) is 17.8 Å². The molecule has 0 bridgehead atoms. The number of aliphatic hydroxyl groups is 1. The number of carbonyl (C=O) groups excluding carboxylic acids is 1. The second-order valence-corrected chi connectivity index (χ2v) is 6.77. The lowest BCUT2D eigenvalue weighted by Crippen LogP contribution is -2.36. The first-order valence-electron chi connectivity index (χ1n) is 8.48. The maximum absolute atomic E-state index is 11.5. The van der Waals surface area contributed by atoms with Crippen molar-refractivity contribution in [2.24, 2.45) is 11.8 Å². The summed E-state index contributed by atoms with van der Waals surface area (Å²) in [5.41, 5.74) is 0.206. The van der Waals surface area contributed by atoms with Gasteiger partial charge in [-0.1, -0.05) is 0 Å². The average molecular weight is 343 g/mol. The van der Waals surface area contributed by atoms with Gasteiger partial charge in [0.05, 0.1) is 31.6 Å². The second kappa shape index (κ2) is 6.44. The number of aromatic nitrogens is 4. The molecule has 2 fully saturated rings. The van der Waals surface area contributed by atoms with Crippen LogP contribution < -0.4 is 4.90 Å². The standard InChI is InChI=1S/C17H21N5O3/c1-25-17(24)13-7-19-16(8-18-13)21-9-11-5-14(22-4-2-3-20-22)15(23)6-12(11)10-21/h2-4,7-8,11-12,14-15,23H,5-6,9-10H2,1H3/t11-,12+,14-,15-/m1/s1. The van der Waals surface area contributed by atoms with E-state index in [4.69, 9.17) is 0 Å². The number of fused-ring (bicyclic) bond motifs is 1. The number of ether oxygens (including phenoxy) is 1. The van der Waals surface area contributed by atoms with E-state index in [1.807, 2.05) is 16.9 Å². The van der Waals surface area contributed by atoms with Gasteiger partial charge in [0.2, 0.25) is 0 Å². The number of methoxy groups -OCH3 is 1. The van der Waals surface area contributed by atoms with Crippen LogP contribution in [0, 0.1) is 11.8 Å². The number of anilines is 1. The van der Waals surface area contributed by atoms with Crippen LogP contribution in [0.2, 0.25) is 0 Å². The molecule has 1 aliphatic heterocycles. The van der Waals surface area contributed by atoms with Gasteiger partial charge in [0.15, 0.2) is 5.69 Å². The molecule has 0 spiro atoms. The fourth-order valence-electron chi connectivity index (χ4n) is 4.05. The van der Waals surface area contributed by atoms with E-state index in [1.54, 1.807) is 12.4 Å². The molecule has 4 rings (SSSR count). The zero-order valence-electron chi connectivity index (χ0n) is 14.0. The Kier molecular flexibility index (Phi) is 4.12. The number of carbonyl (C=O) groups is 1. The lowest BCUT2D eigenvalue weighted by atomic mass is 9.77. The van der Waals surface area contributed by atoms with Gasteiger partial charge in [-0.15, -0.1) is 0 Å². The van der Waals surface area contributed by atoms with Gasteiger partial charge >= 0.3 is 5.97 Å². The van der Waals surface area contributed by atoms with Crippen molar-refractivity contribution in [2.45, 2.75) is 25.0 Å². The summed E-state index contributed by atoms with van der Waals surface area (Å²) in [5.74, 6) is 1.19. The van der Waals surface area contributed by atoms with E-state index in [2.05, 4.69) is 24.7 Å². The summed E-state index contributed by atoms with van der Waals surface area (Å²) >= 11 is 0. The normalized spacial score (nSPS) is 28.6. The van der Waals surface area contributed by atoms with E-state index in [1.165, 1.54) is 13.3 Å². The molecular formula is C17H21N5O3. The summed E-state index contributed by atoms with van der Waals surface area (Å²) in [6, 6.07) is 1.92. The summed E-state index contributed by atoms with van der Waals surface area (Å²) in [5, 5.41) is 14.8. The number of rotatable bonds is 3. The molecule has 25 heavy (non-hydrogen) atoms. The number of esters is 1. The van der Waals surface area contributed by atoms with Crippen molar-refractivity contribution < 1.29 is 14.6 Å². The van der Waals surface area contributed by atoms with Gasteiger partial charge in [-0.3, -0.25) is 4.68 Å². The highest BCUT2D eigenvalue weighted by Crippen LogP contribution is 2.41. The Morgan fingerprint density at radius 3 is 2.68 bits per heavy atom. The van der Waals surface area contributed by atoms with Crippen LogP contribution in [0.5, 0.6) is 0 Å². The molecule has 0 radical (unpaired) electrons. The first-order valence-corrected chi connectivity index (χ1v) is 8.48. The Morgan fingerprint density at radius 2 is 2.04 bits per heavy atom. The predicted octanol–water partition coefficient (Wildman–Crippen LogP) is 0.908. The molecule has 1 saturated carbocycles. The van der Waals surface area contributed by atoms with E-state index >= 15 is 0 Å². The van der Waals surface area contributed by atoms with Crippen LogP contribution >= 0.6 is 0 Å². The highest BCUT2D eigenvalue weighted by Gasteiger charge is 2.42. The first-order chi connectivity index (χ1) is 12.2. The SMILES string of the molecule is COC(=O)c1cnc(N2C[C@H]3C[C@@H](n4cccn4)[C@H](O)C[C@H]3C2)cn1. The molecule has 1 saturated heterocycles. The predicted molar refractivity (Wildman–Crippen MR) is 89.1 cm³/mol. The lowest BCUT2D eigenvalue weighted by Gasteiger charge is -2.35. The van der Waals surface area contributed by atoms with Crippen molar-refractivity contribution in [3.8, 4) is 0 Å². The molecule has 0 unspecified atom stereocenters. The molecule has 2 aromatic rings. The van der Waals surface area contributed by atoms with Gasteiger partial charge in [0, 0.05) is 25.5 Å². The van der Waals surface area contributed by atoms with Gasteiger partial charge in [-0.05, 0) is 30.7 Å². The molecule has 1 N–H and O–H groups in total. The lowest BCUT2D eigenvalue weighted by molar-refractivity contribution is 0.0306. The van der Waals surface area contributed by atoms with Crippen molar-refractivity contribution in [1.29, 1.82) is 0 Å². The fraction of sp³-hybridized carbons (Fsp3) is 0.529. The van der Waals surface area contributed by atoms with E-state index < -0.39 is 5.97 Å². The molecule has 0 aromatic carbocycles. The molecular weight excluding hydrogens is 322 g/mol. The minimum absolute atomic E-state index is 0.0315. The van der Waals surface area contributed by atoms with Crippen LogP contribution in [-0.4, -0.2) is 57.1 Å². The Labute approximate surface area is 145 Å². The highest BCUT2D eigenvalue weighted by molar-refractivity contribution is 5.86. The number of hydrogen-bond donors (Lipinski definition) is 1. The Morgan fingerprint density at radius 1 is 1.24 bits per heavy atom. The van der Waals surface area contributed by atoms with Crippen molar-refractivity contribution in [2.75, 3.05) is 25.1 Å². The van der Waals surface area contributed by atoms with Crippen LogP contribution in [0.3, 0.4) is 0 Å². The van der Waals surface area contributed by atoms with Crippen molar-refractivity contribution in [3.05, 3.63) is 36.5 Å². The minimum atomic E-state index is -0.487. The van der Waals surface area contributed by atoms with Crippen LogP contribution in [0.1, 0.15) is 29.4 Å². The molecule has 2 aliphatic rings. The number of nitrogens with zero attached hydrogens (tertiary/aromatic N) is 5. The summed E-state index contributed by atoms with van der Waals surface area (Å²) in [6.45, 7) is 1.72. The summed E-state index contributed by atoms with van der Waals surface area (Å²) in [6.07, 6.45) is 8.01. The molecule has 8 heteroatoms. The van der Waals surface area contributed by atoms with Gasteiger partial charge in [-0.2, -0.15) is 5.10 Å². The minimum Gasteiger partial charge on any atom is -0.464 e. The van der Waals surface area contributed by atoms with E-state index in [9.17, 15) is 9.90 Å². The van der Waals surface area contributed by atoms with Gasteiger partial charge in [0.25, 0.3) is 0 Å². The zero-order valence-corrected chi connectivity index (χ0v) is 14.0. The van der Waals surface area contributed by atoms with Crippen molar-refractivity contribution in [1.82, 2.24) is 19.7 Å². The molecule has 2 aromatic heterocycles. The van der Waals surface area contributed by atoms with Crippen LogP contribution in [0.4, 0.5) is 5.82 Å². The maximum Gasteiger partial charge on any atom is 0.358 e. The second-order valence-electron chi connectivity index (χ2n) is 6.77. The third-order valence-corrected chi connectivity index (χ3v) is 5.33. The fourth-order valence-corrected chi connectivity index (χ4v) is 4.05. The topological polar surface area (TPSA) is 93.4 Å². The quantitative estimate of drug-likeness (QED) is 0.828. The third kappa shape index (κ3) is 2.97. The van der Waals surface area contributed by atoms with Crippen molar-refractivity contribution >= 4 is 11.8 Å². The Balaban J connectivity index is 1.47. The first kappa shape index (κ1) is 16.0. The molecule has 1 aliphatic carbocycles. The smallest absolute Gasteiger partial charge is 0.358 e. The van der Waals surface area contributed by atoms with Crippen molar-refractivity contribution in [3.63, 3.8) is 0 Å². The molecule has 3 heterocycles. The molecule has 0 amide bonds. The molecule has 8 nitrogen and oxygen atoms in total. The summed E-state index contributed by atoms with van der Waals surface area (Å²) < 4.78 is 6.52. The van der Waals surface area contributed by atoms with Gasteiger partial charge < -0.3 is 14.7 Å². The molecule has 4 atom stereocenters. The summed E-state index contributed by atoms with van der Waals surface area (Å²) in [7, 11) is 1.32. The largest absolute Gasteiger partial charge is 0.464 e. The average Bonchev–Trinajstić information content (AvgIpc) is 3.29. The Hall–Kier alpha value is -2.48. The zero-order chi connectivity index (χ0) is 17.4. The maximum atomic E-state index is 11.5.